The molecule has 3 atom stereocenters. The third kappa shape index (κ3) is 6.46. The molecule has 1 aliphatic rings. The summed E-state index contributed by atoms with van der Waals surface area (Å²) in [4.78, 5) is 23.4. The Balaban J connectivity index is 2.45. The maximum Gasteiger partial charge on any atom is 0.308 e. The first-order chi connectivity index (χ1) is 10.1. The molecule has 0 heterocycles. The molecule has 3 unspecified atom stereocenters. The molecule has 1 saturated carbocycles. The minimum atomic E-state index is -0.781. The Morgan fingerprint density at radius 2 is 1.95 bits per heavy atom. The van der Waals surface area contributed by atoms with Crippen molar-refractivity contribution in [1.82, 2.24) is 5.32 Å². The third-order valence-electron chi connectivity index (χ3n) is 4.61. The molecular formula is C16H30N2O3. The van der Waals surface area contributed by atoms with Crippen molar-refractivity contribution in [3.05, 3.63) is 0 Å². The molecule has 4 N–H and O–H groups in total. The van der Waals surface area contributed by atoms with Gasteiger partial charge in [-0.25, -0.2) is 0 Å². The lowest BCUT2D eigenvalue weighted by Crippen LogP contribution is -2.42. The number of hydrogen-bond donors (Lipinski definition) is 3. The molecule has 0 spiro atoms. The van der Waals surface area contributed by atoms with Crippen molar-refractivity contribution in [3.63, 3.8) is 0 Å². The molecular weight excluding hydrogens is 268 g/mol. The van der Waals surface area contributed by atoms with Crippen LogP contribution in [0, 0.1) is 11.8 Å². The maximum absolute atomic E-state index is 12.1. The standard InChI is InChI=1S/C16H30N2O3/c1-2-12(10-11-17)8-9-15(19)18-14-7-5-3-4-6-13(14)16(20)21/h12-14H,2-11,17H2,1H3,(H,18,19)(H,20,21). The van der Waals surface area contributed by atoms with Crippen LogP contribution in [0.3, 0.4) is 0 Å². The summed E-state index contributed by atoms with van der Waals surface area (Å²) in [6, 6.07) is -0.202. The Labute approximate surface area is 127 Å². The van der Waals surface area contributed by atoms with Crippen molar-refractivity contribution in [3.8, 4) is 0 Å². The van der Waals surface area contributed by atoms with Crippen LogP contribution in [0.5, 0.6) is 0 Å². The van der Waals surface area contributed by atoms with E-state index in [0.29, 0.717) is 25.3 Å². The number of carbonyl (C=O) groups is 2. The lowest BCUT2D eigenvalue weighted by atomic mass is 9.93. The van der Waals surface area contributed by atoms with Crippen molar-refractivity contribution >= 4 is 11.9 Å². The molecule has 0 saturated heterocycles. The Kier molecular flexibility index (Phi) is 8.35. The molecule has 1 fully saturated rings. The Bertz CT molecular complexity index is 333. The second kappa shape index (κ2) is 9.77. The van der Waals surface area contributed by atoms with Gasteiger partial charge in [0.25, 0.3) is 0 Å². The monoisotopic (exact) mass is 298 g/mol. The van der Waals surface area contributed by atoms with Crippen LogP contribution in [0.2, 0.25) is 0 Å². The van der Waals surface area contributed by atoms with Crippen LogP contribution in [0.4, 0.5) is 0 Å². The third-order valence-corrected chi connectivity index (χ3v) is 4.61. The topological polar surface area (TPSA) is 92.4 Å². The molecule has 0 radical (unpaired) electrons. The zero-order valence-electron chi connectivity index (χ0n) is 13.1. The number of carboxylic acid groups (broad SMARTS) is 1. The van der Waals surface area contributed by atoms with Gasteiger partial charge in [-0.1, -0.05) is 32.6 Å². The van der Waals surface area contributed by atoms with Crippen molar-refractivity contribution in [2.75, 3.05) is 6.54 Å². The Morgan fingerprint density at radius 3 is 2.57 bits per heavy atom. The fraction of sp³-hybridized carbons (Fsp3) is 0.875. The molecule has 21 heavy (non-hydrogen) atoms. The number of nitrogens with one attached hydrogen (secondary N) is 1. The molecule has 0 aromatic rings. The summed E-state index contributed by atoms with van der Waals surface area (Å²) in [5.74, 6) is -0.729. The van der Waals surface area contributed by atoms with E-state index < -0.39 is 11.9 Å². The predicted octanol–water partition coefficient (Wildman–Crippen LogP) is 2.29. The molecule has 122 valence electrons. The van der Waals surface area contributed by atoms with Crippen LogP contribution in [-0.4, -0.2) is 29.6 Å². The molecule has 1 amide bonds. The first kappa shape index (κ1) is 18.0. The van der Waals surface area contributed by atoms with Crippen LogP contribution in [0.15, 0.2) is 0 Å². The summed E-state index contributed by atoms with van der Waals surface area (Å²) in [5, 5.41) is 12.3. The Morgan fingerprint density at radius 1 is 1.24 bits per heavy atom. The summed E-state index contributed by atoms with van der Waals surface area (Å²) in [6.07, 6.45) is 7.75. The zero-order chi connectivity index (χ0) is 15.7. The van der Waals surface area contributed by atoms with E-state index in [-0.39, 0.29) is 11.9 Å². The summed E-state index contributed by atoms with van der Waals surface area (Å²) in [7, 11) is 0. The van der Waals surface area contributed by atoms with Crippen LogP contribution in [0.1, 0.15) is 64.7 Å². The van der Waals surface area contributed by atoms with Gasteiger partial charge in [-0.3, -0.25) is 9.59 Å². The minimum absolute atomic E-state index is 0.0105. The highest BCUT2D eigenvalue weighted by Crippen LogP contribution is 2.24. The first-order valence-corrected chi connectivity index (χ1v) is 8.30. The highest BCUT2D eigenvalue weighted by atomic mass is 16.4. The average molecular weight is 298 g/mol. The summed E-state index contributed by atoms with van der Waals surface area (Å²) in [6.45, 7) is 2.77. The van der Waals surface area contributed by atoms with Gasteiger partial charge in [-0.15, -0.1) is 0 Å². The molecule has 0 aliphatic heterocycles. The molecule has 5 heteroatoms. The largest absolute Gasteiger partial charge is 0.481 e. The van der Waals surface area contributed by atoms with Gasteiger partial charge in [0.1, 0.15) is 0 Å². The van der Waals surface area contributed by atoms with E-state index in [1.54, 1.807) is 0 Å². The summed E-state index contributed by atoms with van der Waals surface area (Å²) < 4.78 is 0. The lowest BCUT2D eigenvalue weighted by molar-refractivity contribution is -0.143. The molecule has 5 nitrogen and oxygen atoms in total. The number of hydrogen-bond acceptors (Lipinski definition) is 3. The van der Waals surface area contributed by atoms with E-state index >= 15 is 0 Å². The van der Waals surface area contributed by atoms with Crippen molar-refractivity contribution < 1.29 is 14.7 Å². The van der Waals surface area contributed by atoms with Crippen LogP contribution in [0.25, 0.3) is 0 Å². The summed E-state index contributed by atoms with van der Waals surface area (Å²) in [5.41, 5.74) is 5.56. The number of carboxylic acids is 1. The maximum atomic E-state index is 12.1. The number of rotatable bonds is 8. The minimum Gasteiger partial charge on any atom is -0.481 e. The number of carbonyl (C=O) groups excluding carboxylic acids is 1. The van der Waals surface area contributed by atoms with Gasteiger partial charge in [0.05, 0.1) is 5.92 Å². The van der Waals surface area contributed by atoms with Crippen LogP contribution in [-0.2, 0) is 9.59 Å². The Hall–Kier alpha value is -1.10. The van der Waals surface area contributed by atoms with Gasteiger partial charge in [0.15, 0.2) is 0 Å². The van der Waals surface area contributed by atoms with Gasteiger partial charge in [-0.05, 0) is 38.1 Å². The molecule has 1 aliphatic carbocycles. The van der Waals surface area contributed by atoms with E-state index in [2.05, 4.69) is 12.2 Å². The molecule has 0 aromatic heterocycles. The van der Waals surface area contributed by atoms with E-state index in [1.807, 2.05) is 0 Å². The lowest BCUT2D eigenvalue weighted by Gasteiger charge is -2.23. The molecule has 1 rings (SSSR count). The van der Waals surface area contributed by atoms with Crippen LogP contribution >= 0.6 is 0 Å². The number of nitrogens with two attached hydrogens (primary N) is 1. The summed E-state index contributed by atoms with van der Waals surface area (Å²) >= 11 is 0. The number of aliphatic carboxylic acids is 1. The van der Waals surface area contributed by atoms with E-state index in [0.717, 1.165) is 44.9 Å². The zero-order valence-corrected chi connectivity index (χ0v) is 13.1. The van der Waals surface area contributed by atoms with Gasteiger partial charge in [0, 0.05) is 12.5 Å². The second-order valence-electron chi connectivity index (χ2n) is 6.15. The van der Waals surface area contributed by atoms with Gasteiger partial charge in [0.2, 0.25) is 5.91 Å². The fourth-order valence-electron chi connectivity index (χ4n) is 3.18. The fourth-order valence-corrected chi connectivity index (χ4v) is 3.18. The van der Waals surface area contributed by atoms with Gasteiger partial charge in [-0.2, -0.15) is 0 Å². The SMILES string of the molecule is CCC(CCN)CCC(=O)NC1CCCCCC1C(=O)O. The normalized spacial score (nSPS) is 24.1. The highest BCUT2D eigenvalue weighted by Gasteiger charge is 2.30. The average Bonchev–Trinajstić information content (AvgIpc) is 2.68. The van der Waals surface area contributed by atoms with Gasteiger partial charge < -0.3 is 16.2 Å². The second-order valence-corrected chi connectivity index (χ2v) is 6.15. The quantitative estimate of drug-likeness (QED) is 0.599. The van der Waals surface area contributed by atoms with Crippen LogP contribution < -0.4 is 11.1 Å². The smallest absolute Gasteiger partial charge is 0.308 e. The van der Waals surface area contributed by atoms with E-state index in [4.69, 9.17) is 5.73 Å². The molecule has 0 aromatic carbocycles. The van der Waals surface area contributed by atoms with Crippen molar-refractivity contribution in [2.24, 2.45) is 17.6 Å². The van der Waals surface area contributed by atoms with Crippen molar-refractivity contribution in [1.29, 1.82) is 0 Å². The van der Waals surface area contributed by atoms with E-state index in [9.17, 15) is 14.7 Å². The molecule has 0 bridgehead atoms. The predicted molar refractivity (Wildman–Crippen MR) is 82.8 cm³/mol. The highest BCUT2D eigenvalue weighted by molar-refractivity contribution is 5.78. The number of amides is 1. The van der Waals surface area contributed by atoms with Gasteiger partial charge >= 0.3 is 5.97 Å². The first-order valence-electron chi connectivity index (χ1n) is 8.30. The van der Waals surface area contributed by atoms with Crippen molar-refractivity contribution in [2.45, 2.75) is 70.8 Å². The van der Waals surface area contributed by atoms with E-state index in [1.165, 1.54) is 0 Å².